The van der Waals surface area contributed by atoms with Crippen molar-refractivity contribution in [1.82, 2.24) is 14.9 Å². The molecule has 0 aliphatic rings. The first-order valence-electron chi connectivity index (χ1n) is 11.1. The van der Waals surface area contributed by atoms with Crippen LogP contribution in [-0.4, -0.2) is 21.4 Å². The number of imidazole rings is 1. The minimum Gasteiger partial charge on any atom is -0.489 e. The number of benzene rings is 3. The summed E-state index contributed by atoms with van der Waals surface area (Å²) in [7, 11) is 0. The van der Waals surface area contributed by atoms with E-state index in [1.165, 1.54) is 0 Å². The minimum atomic E-state index is -0.208. The molecule has 2 N–H and O–H groups in total. The lowest BCUT2D eigenvalue weighted by atomic mass is 10.1. The largest absolute Gasteiger partial charge is 0.489 e. The second-order valence-corrected chi connectivity index (χ2v) is 7.78. The molecule has 0 atom stereocenters. The molecule has 34 heavy (non-hydrogen) atoms. The Hall–Kier alpha value is -4.39. The van der Waals surface area contributed by atoms with Crippen LogP contribution in [0.25, 0.3) is 0 Å². The van der Waals surface area contributed by atoms with Gasteiger partial charge < -0.3 is 19.9 Å². The normalized spacial score (nSPS) is 10.5. The van der Waals surface area contributed by atoms with Gasteiger partial charge in [0.05, 0.1) is 6.33 Å². The van der Waals surface area contributed by atoms with E-state index in [4.69, 9.17) is 4.74 Å². The number of aryl methyl sites for hydroxylation is 1. The fourth-order valence-electron chi connectivity index (χ4n) is 3.41. The van der Waals surface area contributed by atoms with Gasteiger partial charge in [-0.15, -0.1) is 0 Å². The highest BCUT2D eigenvalue weighted by Gasteiger charge is 2.09. The standard InChI is InChI=1S/C27H26N4O3/c32-26(12-14-31-15-13-28-20-31)30-24-9-5-8-23(17-24)27(33)29-18-21-6-4-7-22(16-21)19-34-25-10-2-1-3-11-25/h1-11,13,15-17,20H,12,14,18-19H2,(H,29,33)(H,30,32). The molecule has 0 spiro atoms. The van der Waals surface area contributed by atoms with Gasteiger partial charge in [-0.25, -0.2) is 4.98 Å². The number of nitrogens with one attached hydrogen (secondary N) is 2. The Morgan fingerprint density at radius 1 is 0.912 bits per heavy atom. The first-order chi connectivity index (χ1) is 16.7. The maximum atomic E-state index is 12.7. The smallest absolute Gasteiger partial charge is 0.251 e. The molecule has 172 valence electrons. The summed E-state index contributed by atoms with van der Waals surface area (Å²) in [6.45, 7) is 1.38. The molecule has 4 rings (SSSR count). The molecular formula is C27H26N4O3. The van der Waals surface area contributed by atoms with Crippen LogP contribution >= 0.6 is 0 Å². The Balaban J connectivity index is 1.28. The number of anilines is 1. The molecule has 0 saturated carbocycles. The van der Waals surface area contributed by atoms with Crippen molar-refractivity contribution in [3.63, 3.8) is 0 Å². The lowest BCUT2D eigenvalue weighted by Crippen LogP contribution is -2.23. The summed E-state index contributed by atoms with van der Waals surface area (Å²) >= 11 is 0. The molecular weight excluding hydrogens is 428 g/mol. The van der Waals surface area contributed by atoms with Crippen LogP contribution in [0.1, 0.15) is 27.9 Å². The molecule has 2 amide bonds. The predicted molar refractivity (Wildman–Crippen MR) is 130 cm³/mol. The number of rotatable bonds is 10. The maximum Gasteiger partial charge on any atom is 0.251 e. The molecule has 1 aromatic heterocycles. The van der Waals surface area contributed by atoms with Gasteiger partial charge in [0.15, 0.2) is 0 Å². The van der Waals surface area contributed by atoms with E-state index in [1.807, 2.05) is 65.4 Å². The van der Waals surface area contributed by atoms with Gasteiger partial charge >= 0.3 is 0 Å². The fourth-order valence-corrected chi connectivity index (χ4v) is 3.41. The number of ether oxygens (including phenoxy) is 1. The second kappa shape index (κ2) is 11.5. The molecule has 0 fully saturated rings. The average molecular weight is 455 g/mol. The number of aromatic nitrogens is 2. The van der Waals surface area contributed by atoms with Crippen LogP contribution in [0, 0.1) is 0 Å². The summed E-state index contributed by atoms with van der Waals surface area (Å²) in [5, 5.41) is 5.78. The lowest BCUT2D eigenvalue weighted by molar-refractivity contribution is -0.116. The van der Waals surface area contributed by atoms with Gasteiger partial charge in [-0.3, -0.25) is 9.59 Å². The monoisotopic (exact) mass is 454 g/mol. The summed E-state index contributed by atoms with van der Waals surface area (Å²) < 4.78 is 7.64. The van der Waals surface area contributed by atoms with E-state index < -0.39 is 0 Å². The number of amides is 2. The molecule has 0 bridgehead atoms. The summed E-state index contributed by atoms with van der Waals surface area (Å²) in [5.41, 5.74) is 3.07. The zero-order chi connectivity index (χ0) is 23.6. The van der Waals surface area contributed by atoms with Crippen LogP contribution in [0.15, 0.2) is 97.6 Å². The summed E-state index contributed by atoms with van der Waals surface area (Å²) in [4.78, 5) is 28.9. The molecule has 0 radical (unpaired) electrons. The van der Waals surface area contributed by atoms with Crippen LogP contribution in [0.3, 0.4) is 0 Å². The number of para-hydroxylation sites is 1. The van der Waals surface area contributed by atoms with Gasteiger partial charge in [0.25, 0.3) is 5.91 Å². The number of carbonyl (C=O) groups excluding carboxylic acids is 2. The number of carbonyl (C=O) groups is 2. The average Bonchev–Trinajstić information content (AvgIpc) is 3.40. The zero-order valence-corrected chi connectivity index (χ0v) is 18.7. The third kappa shape index (κ3) is 6.80. The molecule has 4 aromatic rings. The van der Waals surface area contributed by atoms with Gasteiger partial charge in [-0.1, -0.05) is 48.5 Å². The minimum absolute atomic E-state index is 0.124. The molecule has 0 saturated heterocycles. The Morgan fingerprint density at radius 3 is 2.56 bits per heavy atom. The van der Waals surface area contributed by atoms with Crippen molar-refractivity contribution in [2.45, 2.75) is 26.1 Å². The quantitative estimate of drug-likeness (QED) is 0.371. The van der Waals surface area contributed by atoms with Crippen LogP contribution in [0.2, 0.25) is 0 Å². The molecule has 0 aliphatic carbocycles. The Kier molecular flexibility index (Phi) is 7.69. The summed E-state index contributed by atoms with van der Waals surface area (Å²) in [5.74, 6) is 0.483. The van der Waals surface area contributed by atoms with Gasteiger partial charge in [-0.05, 0) is 41.5 Å². The topological polar surface area (TPSA) is 85.2 Å². The van der Waals surface area contributed by atoms with Crippen molar-refractivity contribution in [1.29, 1.82) is 0 Å². The first-order valence-corrected chi connectivity index (χ1v) is 11.1. The molecule has 7 nitrogen and oxygen atoms in total. The fraction of sp³-hybridized carbons (Fsp3) is 0.148. The number of hydrogen-bond acceptors (Lipinski definition) is 4. The van der Waals surface area contributed by atoms with E-state index in [2.05, 4.69) is 15.6 Å². The van der Waals surface area contributed by atoms with Crippen molar-refractivity contribution in [3.05, 3.63) is 114 Å². The van der Waals surface area contributed by atoms with Crippen LogP contribution in [-0.2, 0) is 24.5 Å². The molecule has 0 aliphatic heterocycles. The highest BCUT2D eigenvalue weighted by Crippen LogP contribution is 2.14. The molecule has 0 unspecified atom stereocenters. The highest BCUT2D eigenvalue weighted by atomic mass is 16.5. The van der Waals surface area contributed by atoms with Gasteiger partial charge in [-0.2, -0.15) is 0 Å². The van der Waals surface area contributed by atoms with Crippen molar-refractivity contribution >= 4 is 17.5 Å². The second-order valence-electron chi connectivity index (χ2n) is 7.78. The van der Waals surface area contributed by atoms with Crippen molar-refractivity contribution in [2.24, 2.45) is 0 Å². The third-order valence-electron chi connectivity index (χ3n) is 5.16. The molecule has 7 heteroatoms. The Bertz CT molecular complexity index is 1220. The Labute approximate surface area is 198 Å². The summed E-state index contributed by atoms with van der Waals surface area (Å²) in [6.07, 6.45) is 5.47. The van der Waals surface area contributed by atoms with E-state index >= 15 is 0 Å². The van der Waals surface area contributed by atoms with Gasteiger partial charge in [0, 0.05) is 43.2 Å². The Morgan fingerprint density at radius 2 is 1.74 bits per heavy atom. The van der Waals surface area contributed by atoms with Crippen molar-refractivity contribution in [3.8, 4) is 5.75 Å². The predicted octanol–water partition coefficient (Wildman–Crippen LogP) is 4.42. The first kappa shape index (κ1) is 22.8. The van der Waals surface area contributed by atoms with E-state index in [0.717, 1.165) is 16.9 Å². The SMILES string of the molecule is O=C(CCn1ccnc1)Nc1cccc(C(=O)NCc2cccc(COc3ccccc3)c2)c1. The molecule has 1 heterocycles. The van der Waals surface area contributed by atoms with Crippen LogP contribution < -0.4 is 15.4 Å². The van der Waals surface area contributed by atoms with Crippen molar-refractivity contribution in [2.75, 3.05) is 5.32 Å². The van der Waals surface area contributed by atoms with E-state index in [0.29, 0.717) is 37.4 Å². The number of hydrogen-bond donors (Lipinski definition) is 2. The lowest BCUT2D eigenvalue weighted by Gasteiger charge is -2.10. The van der Waals surface area contributed by atoms with E-state index in [9.17, 15) is 9.59 Å². The third-order valence-corrected chi connectivity index (χ3v) is 5.16. The van der Waals surface area contributed by atoms with Crippen LogP contribution in [0.5, 0.6) is 5.75 Å². The number of nitrogens with zero attached hydrogens (tertiary/aromatic N) is 2. The highest BCUT2D eigenvalue weighted by molar-refractivity contribution is 5.97. The zero-order valence-electron chi connectivity index (χ0n) is 18.7. The summed E-state index contributed by atoms with van der Waals surface area (Å²) in [6, 6.07) is 24.5. The van der Waals surface area contributed by atoms with Gasteiger partial charge in [0.1, 0.15) is 12.4 Å². The maximum absolute atomic E-state index is 12.7. The van der Waals surface area contributed by atoms with E-state index in [1.54, 1.807) is 36.8 Å². The molecule has 3 aromatic carbocycles. The van der Waals surface area contributed by atoms with E-state index in [-0.39, 0.29) is 11.8 Å². The van der Waals surface area contributed by atoms with Crippen LogP contribution in [0.4, 0.5) is 5.69 Å². The van der Waals surface area contributed by atoms with Crippen molar-refractivity contribution < 1.29 is 14.3 Å². The van der Waals surface area contributed by atoms with Gasteiger partial charge in [0.2, 0.25) is 5.91 Å².